The smallest absolute Gasteiger partial charge is 0.232 e. The van der Waals surface area contributed by atoms with Crippen LogP contribution < -0.4 is 15.1 Å². The second-order valence-electron chi connectivity index (χ2n) is 6.23. The van der Waals surface area contributed by atoms with Gasteiger partial charge in [0.15, 0.2) is 0 Å². The van der Waals surface area contributed by atoms with Gasteiger partial charge in [-0.1, -0.05) is 0 Å². The second kappa shape index (κ2) is 5.63. The maximum absolute atomic E-state index is 10.1. The van der Waals surface area contributed by atoms with Crippen LogP contribution in [0.5, 0.6) is 0 Å². The van der Waals surface area contributed by atoms with Crippen LogP contribution in [0.25, 0.3) is 0 Å². The van der Waals surface area contributed by atoms with Crippen molar-refractivity contribution in [2.24, 2.45) is 0 Å². The zero-order valence-corrected chi connectivity index (χ0v) is 12.8. The van der Waals surface area contributed by atoms with Crippen LogP contribution in [0.2, 0.25) is 0 Å². The molecule has 0 bridgehead atoms. The molecular formula is C14H24N6O. The van der Waals surface area contributed by atoms with Crippen LogP contribution in [-0.2, 0) is 0 Å². The Morgan fingerprint density at radius 1 is 1.00 bits per heavy atom. The van der Waals surface area contributed by atoms with Gasteiger partial charge in [-0.2, -0.15) is 15.0 Å². The van der Waals surface area contributed by atoms with Gasteiger partial charge in [0, 0.05) is 33.2 Å². The molecule has 21 heavy (non-hydrogen) atoms. The zero-order chi connectivity index (χ0) is 14.9. The van der Waals surface area contributed by atoms with E-state index in [1.807, 2.05) is 18.9 Å². The Balaban J connectivity index is 1.86. The highest BCUT2D eigenvalue weighted by Crippen LogP contribution is 2.26. The van der Waals surface area contributed by atoms with Gasteiger partial charge in [0.2, 0.25) is 17.8 Å². The second-order valence-corrected chi connectivity index (χ2v) is 6.23. The van der Waals surface area contributed by atoms with Gasteiger partial charge in [-0.3, -0.25) is 0 Å². The lowest BCUT2D eigenvalue weighted by Crippen LogP contribution is -2.33. The Hall–Kier alpha value is -1.63. The summed E-state index contributed by atoms with van der Waals surface area (Å²) in [4.78, 5) is 17.8. The number of β-amino-alcohol motifs (C(OH)–C–C–N with tert-alkyl or cyclic N) is 1. The molecule has 3 rings (SSSR count). The van der Waals surface area contributed by atoms with Crippen molar-refractivity contribution in [1.29, 1.82) is 0 Å². The molecule has 7 heteroatoms. The van der Waals surface area contributed by atoms with Crippen LogP contribution in [-0.4, -0.2) is 58.9 Å². The van der Waals surface area contributed by atoms with Gasteiger partial charge in [-0.05, 0) is 32.6 Å². The van der Waals surface area contributed by atoms with E-state index < -0.39 is 5.60 Å². The molecule has 0 spiro atoms. The average molecular weight is 292 g/mol. The largest absolute Gasteiger partial charge is 0.388 e. The standard InChI is InChI=1S/C14H24N6O/c1-14(21)6-9-20(10-14)13-17-11(15-2)16-12(18-13)19-7-4-3-5-8-19/h21H,3-10H2,1-2H3,(H,15,16,17,18). The topological polar surface area (TPSA) is 77.4 Å². The van der Waals surface area contributed by atoms with E-state index in [9.17, 15) is 5.11 Å². The van der Waals surface area contributed by atoms with E-state index in [4.69, 9.17) is 0 Å². The van der Waals surface area contributed by atoms with Crippen molar-refractivity contribution in [1.82, 2.24) is 15.0 Å². The molecular weight excluding hydrogens is 268 g/mol. The number of hydrogen-bond donors (Lipinski definition) is 2. The quantitative estimate of drug-likeness (QED) is 0.855. The van der Waals surface area contributed by atoms with E-state index >= 15 is 0 Å². The minimum absolute atomic E-state index is 0.569. The molecule has 0 amide bonds. The summed E-state index contributed by atoms with van der Waals surface area (Å²) in [5.41, 5.74) is -0.655. The third kappa shape index (κ3) is 3.18. The van der Waals surface area contributed by atoms with Crippen molar-refractivity contribution in [2.45, 2.75) is 38.2 Å². The first-order chi connectivity index (χ1) is 10.1. The Bertz CT molecular complexity index is 500. The van der Waals surface area contributed by atoms with E-state index in [0.717, 1.165) is 32.0 Å². The number of nitrogens with zero attached hydrogens (tertiary/aromatic N) is 5. The van der Waals surface area contributed by atoms with Crippen molar-refractivity contribution >= 4 is 17.8 Å². The van der Waals surface area contributed by atoms with Gasteiger partial charge in [0.05, 0.1) is 5.60 Å². The van der Waals surface area contributed by atoms with Crippen LogP contribution in [0.3, 0.4) is 0 Å². The van der Waals surface area contributed by atoms with Crippen LogP contribution in [0.4, 0.5) is 17.8 Å². The number of rotatable bonds is 3. The van der Waals surface area contributed by atoms with E-state index in [1.165, 1.54) is 19.3 Å². The molecule has 1 unspecified atom stereocenters. The molecule has 0 aliphatic carbocycles. The molecule has 2 fully saturated rings. The molecule has 0 saturated carbocycles. The fourth-order valence-electron chi connectivity index (χ4n) is 2.96. The van der Waals surface area contributed by atoms with Crippen molar-refractivity contribution in [3.63, 3.8) is 0 Å². The number of hydrogen-bond acceptors (Lipinski definition) is 7. The first-order valence-electron chi connectivity index (χ1n) is 7.73. The molecule has 2 N–H and O–H groups in total. The third-order valence-electron chi connectivity index (χ3n) is 4.21. The van der Waals surface area contributed by atoms with Crippen LogP contribution in [0.15, 0.2) is 0 Å². The van der Waals surface area contributed by atoms with Crippen molar-refractivity contribution < 1.29 is 5.11 Å². The molecule has 1 aromatic rings. The molecule has 1 aromatic heterocycles. The third-order valence-corrected chi connectivity index (χ3v) is 4.21. The monoisotopic (exact) mass is 292 g/mol. The minimum Gasteiger partial charge on any atom is -0.388 e. The van der Waals surface area contributed by atoms with Crippen LogP contribution in [0.1, 0.15) is 32.6 Å². The van der Waals surface area contributed by atoms with Gasteiger partial charge < -0.3 is 20.2 Å². The Morgan fingerprint density at radius 2 is 1.67 bits per heavy atom. The minimum atomic E-state index is -0.655. The van der Waals surface area contributed by atoms with E-state index in [2.05, 4.69) is 25.2 Å². The maximum atomic E-state index is 10.1. The Kier molecular flexibility index (Phi) is 3.84. The normalized spacial score (nSPS) is 26.2. The summed E-state index contributed by atoms with van der Waals surface area (Å²) in [6.07, 6.45) is 4.40. The van der Waals surface area contributed by atoms with E-state index in [0.29, 0.717) is 18.4 Å². The fraction of sp³-hybridized carbons (Fsp3) is 0.786. The Morgan fingerprint density at radius 3 is 2.24 bits per heavy atom. The van der Waals surface area contributed by atoms with Crippen molar-refractivity contribution in [2.75, 3.05) is 48.3 Å². The molecule has 2 aliphatic heterocycles. The predicted octanol–water partition coefficient (Wildman–Crippen LogP) is 0.865. The fourth-order valence-corrected chi connectivity index (χ4v) is 2.96. The van der Waals surface area contributed by atoms with Gasteiger partial charge in [-0.25, -0.2) is 0 Å². The SMILES string of the molecule is CNc1nc(N2CCCCC2)nc(N2CCC(C)(O)C2)n1. The molecule has 116 valence electrons. The number of aliphatic hydroxyl groups is 1. The summed E-state index contributed by atoms with van der Waals surface area (Å²) in [6, 6.07) is 0. The molecule has 0 radical (unpaired) electrons. The number of aromatic nitrogens is 3. The highest BCUT2D eigenvalue weighted by atomic mass is 16.3. The van der Waals surface area contributed by atoms with Crippen LogP contribution >= 0.6 is 0 Å². The molecule has 7 nitrogen and oxygen atoms in total. The first-order valence-corrected chi connectivity index (χ1v) is 7.73. The van der Waals surface area contributed by atoms with Gasteiger partial charge >= 0.3 is 0 Å². The first kappa shape index (κ1) is 14.3. The lowest BCUT2D eigenvalue weighted by Gasteiger charge is -2.28. The predicted molar refractivity (Wildman–Crippen MR) is 82.9 cm³/mol. The molecule has 2 saturated heterocycles. The summed E-state index contributed by atoms with van der Waals surface area (Å²) < 4.78 is 0. The van der Waals surface area contributed by atoms with E-state index in [1.54, 1.807) is 0 Å². The summed E-state index contributed by atoms with van der Waals surface area (Å²) >= 11 is 0. The molecule has 0 aromatic carbocycles. The lowest BCUT2D eigenvalue weighted by molar-refractivity contribution is 0.0838. The summed E-state index contributed by atoms with van der Waals surface area (Å²) in [6.45, 7) is 5.21. The summed E-state index contributed by atoms with van der Waals surface area (Å²) in [5, 5.41) is 13.1. The summed E-state index contributed by atoms with van der Waals surface area (Å²) in [7, 11) is 1.82. The molecule has 1 atom stereocenters. The molecule has 3 heterocycles. The lowest BCUT2D eigenvalue weighted by atomic mass is 10.1. The maximum Gasteiger partial charge on any atom is 0.232 e. The number of nitrogens with one attached hydrogen (secondary N) is 1. The number of piperidine rings is 1. The highest BCUT2D eigenvalue weighted by molar-refractivity contribution is 5.46. The van der Waals surface area contributed by atoms with Gasteiger partial charge in [-0.15, -0.1) is 0 Å². The van der Waals surface area contributed by atoms with Crippen LogP contribution in [0, 0.1) is 0 Å². The van der Waals surface area contributed by atoms with E-state index in [-0.39, 0.29) is 0 Å². The van der Waals surface area contributed by atoms with Gasteiger partial charge in [0.1, 0.15) is 0 Å². The number of anilines is 3. The Labute approximate surface area is 125 Å². The van der Waals surface area contributed by atoms with Crippen molar-refractivity contribution in [3.05, 3.63) is 0 Å². The van der Waals surface area contributed by atoms with Gasteiger partial charge in [0.25, 0.3) is 0 Å². The molecule has 2 aliphatic rings. The average Bonchev–Trinajstić information content (AvgIpc) is 2.88. The summed E-state index contributed by atoms with van der Waals surface area (Å²) in [5.74, 6) is 2.00. The van der Waals surface area contributed by atoms with Crippen molar-refractivity contribution in [3.8, 4) is 0 Å². The zero-order valence-electron chi connectivity index (χ0n) is 12.8. The highest BCUT2D eigenvalue weighted by Gasteiger charge is 2.33.